The van der Waals surface area contributed by atoms with Gasteiger partial charge in [-0.15, -0.1) is 0 Å². The summed E-state index contributed by atoms with van der Waals surface area (Å²) < 4.78 is 5.71. The van der Waals surface area contributed by atoms with Gasteiger partial charge >= 0.3 is 0 Å². The van der Waals surface area contributed by atoms with E-state index < -0.39 is 0 Å². The maximum Gasteiger partial charge on any atom is 0.0699 e. The summed E-state index contributed by atoms with van der Waals surface area (Å²) in [5.74, 6) is 0. The van der Waals surface area contributed by atoms with Crippen LogP contribution >= 0.6 is 0 Å². The average Bonchev–Trinajstić information content (AvgIpc) is 2.29. The average molecular weight is 197 g/mol. The van der Waals surface area contributed by atoms with Crippen molar-refractivity contribution in [3.63, 3.8) is 0 Å². The van der Waals surface area contributed by atoms with Crippen LogP contribution in [0, 0.1) is 0 Å². The van der Waals surface area contributed by atoms with Gasteiger partial charge in [0, 0.05) is 19.2 Å². The van der Waals surface area contributed by atoms with Crippen molar-refractivity contribution in [1.29, 1.82) is 0 Å². The molecule has 1 heterocycles. The number of rotatable bonds is 3. The second-order valence-corrected chi connectivity index (χ2v) is 4.73. The summed E-state index contributed by atoms with van der Waals surface area (Å²) in [4.78, 5) is 0. The molecule has 1 aliphatic carbocycles. The molecular formula is C12H23NO. The zero-order valence-electron chi connectivity index (χ0n) is 9.13. The Labute approximate surface area is 87.4 Å². The fourth-order valence-electron chi connectivity index (χ4n) is 2.57. The molecule has 1 saturated heterocycles. The Hall–Kier alpha value is -0.0800. The van der Waals surface area contributed by atoms with Crippen molar-refractivity contribution in [2.24, 2.45) is 0 Å². The van der Waals surface area contributed by atoms with Crippen LogP contribution < -0.4 is 5.32 Å². The van der Waals surface area contributed by atoms with Crippen LogP contribution in [-0.4, -0.2) is 25.3 Å². The smallest absolute Gasteiger partial charge is 0.0699 e. The van der Waals surface area contributed by atoms with Gasteiger partial charge < -0.3 is 10.1 Å². The second-order valence-electron chi connectivity index (χ2n) is 4.73. The third kappa shape index (κ3) is 3.25. The van der Waals surface area contributed by atoms with E-state index in [0.717, 1.165) is 19.2 Å². The molecule has 0 amide bonds. The summed E-state index contributed by atoms with van der Waals surface area (Å²) in [6.07, 6.45) is 11.4. The molecule has 0 aromatic rings. The lowest BCUT2D eigenvalue weighted by molar-refractivity contribution is 0.0147. The van der Waals surface area contributed by atoms with E-state index in [2.05, 4.69) is 5.32 Å². The molecule has 0 bridgehead atoms. The zero-order chi connectivity index (χ0) is 9.64. The van der Waals surface area contributed by atoms with Gasteiger partial charge in [0.1, 0.15) is 0 Å². The molecule has 0 spiro atoms. The largest absolute Gasteiger partial charge is 0.377 e. The minimum absolute atomic E-state index is 0.505. The number of nitrogens with one attached hydrogen (secondary N) is 1. The minimum Gasteiger partial charge on any atom is -0.377 e. The summed E-state index contributed by atoms with van der Waals surface area (Å²) in [5, 5.41) is 3.67. The van der Waals surface area contributed by atoms with Crippen molar-refractivity contribution >= 4 is 0 Å². The first-order valence-corrected chi connectivity index (χ1v) is 6.30. The van der Waals surface area contributed by atoms with Crippen LogP contribution in [0.2, 0.25) is 0 Å². The van der Waals surface area contributed by atoms with Crippen LogP contribution in [0.5, 0.6) is 0 Å². The van der Waals surface area contributed by atoms with Gasteiger partial charge in [-0.25, -0.2) is 0 Å². The minimum atomic E-state index is 0.505. The van der Waals surface area contributed by atoms with Crippen LogP contribution in [0.25, 0.3) is 0 Å². The summed E-state index contributed by atoms with van der Waals surface area (Å²) in [7, 11) is 0. The highest BCUT2D eigenvalue weighted by atomic mass is 16.5. The second kappa shape index (κ2) is 5.72. The number of hydrogen-bond donors (Lipinski definition) is 1. The van der Waals surface area contributed by atoms with Crippen molar-refractivity contribution in [2.45, 2.75) is 63.5 Å². The van der Waals surface area contributed by atoms with Gasteiger partial charge in [-0.1, -0.05) is 19.3 Å². The Kier molecular flexibility index (Phi) is 4.26. The molecule has 0 radical (unpaired) electrons. The van der Waals surface area contributed by atoms with Gasteiger partial charge in [0.2, 0.25) is 0 Å². The third-order valence-electron chi connectivity index (χ3n) is 3.51. The molecule has 2 rings (SSSR count). The molecule has 1 unspecified atom stereocenters. The van der Waals surface area contributed by atoms with E-state index in [1.807, 2.05) is 0 Å². The van der Waals surface area contributed by atoms with E-state index in [1.165, 1.54) is 51.4 Å². The van der Waals surface area contributed by atoms with E-state index in [-0.39, 0.29) is 0 Å². The topological polar surface area (TPSA) is 21.3 Å². The Morgan fingerprint density at radius 1 is 0.929 bits per heavy atom. The van der Waals surface area contributed by atoms with Gasteiger partial charge in [-0.05, 0) is 32.1 Å². The first-order valence-electron chi connectivity index (χ1n) is 6.30. The van der Waals surface area contributed by atoms with Crippen LogP contribution in [0.4, 0.5) is 0 Å². The Bertz CT molecular complexity index is 130. The molecule has 14 heavy (non-hydrogen) atoms. The lowest BCUT2D eigenvalue weighted by atomic mass is 9.95. The lowest BCUT2D eigenvalue weighted by Crippen LogP contribution is -2.38. The van der Waals surface area contributed by atoms with Crippen molar-refractivity contribution in [3.05, 3.63) is 0 Å². The van der Waals surface area contributed by atoms with Crippen LogP contribution in [0.1, 0.15) is 51.4 Å². The maximum atomic E-state index is 5.71. The summed E-state index contributed by atoms with van der Waals surface area (Å²) >= 11 is 0. The maximum absolute atomic E-state index is 5.71. The molecule has 1 aliphatic heterocycles. The molecular weight excluding hydrogens is 174 g/mol. The van der Waals surface area contributed by atoms with E-state index in [9.17, 15) is 0 Å². The van der Waals surface area contributed by atoms with E-state index in [1.54, 1.807) is 0 Å². The summed E-state index contributed by atoms with van der Waals surface area (Å²) in [6.45, 7) is 2.07. The molecule has 0 aromatic heterocycles. The predicted molar refractivity (Wildman–Crippen MR) is 58.5 cm³/mol. The molecule has 82 valence electrons. The quantitative estimate of drug-likeness (QED) is 0.750. The number of hydrogen-bond acceptors (Lipinski definition) is 2. The predicted octanol–water partition coefficient (Wildman–Crippen LogP) is 2.48. The molecule has 2 fully saturated rings. The van der Waals surface area contributed by atoms with Gasteiger partial charge in [0.15, 0.2) is 0 Å². The van der Waals surface area contributed by atoms with E-state index >= 15 is 0 Å². The first kappa shape index (κ1) is 10.4. The van der Waals surface area contributed by atoms with Gasteiger partial charge in [0.05, 0.1) is 6.10 Å². The molecule has 0 aromatic carbocycles. The first-order chi connectivity index (χ1) is 6.95. The van der Waals surface area contributed by atoms with Crippen molar-refractivity contribution < 1.29 is 4.74 Å². The highest BCUT2D eigenvalue weighted by Crippen LogP contribution is 2.18. The molecule has 2 nitrogen and oxygen atoms in total. The molecule has 1 saturated carbocycles. The van der Waals surface area contributed by atoms with Gasteiger partial charge in [0.25, 0.3) is 0 Å². The monoisotopic (exact) mass is 197 g/mol. The van der Waals surface area contributed by atoms with Gasteiger partial charge in [-0.3, -0.25) is 0 Å². The molecule has 2 aliphatic rings. The van der Waals surface area contributed by atoms with Crippen LogP contribution in [-0.2, 0) is 4.74 Å². The van der Waals surface area contributed by atoms with Gasteiger partial charge in [-0.2, -0.15) is 0 Å². The van der Waals surface area contributed by atoms with Crippen molar-refractivity contribution in [2.75, 3.05) is 13.2 Å². The summed E-state index contributed by atoms with van der Waals surface area (Å²) in [6, 6.07) is 0.786. The molecule has 2 heteroatoms. The van der Waals surface area contributed by atoms with Crippen molar-refractivity contribution in [1.82, 2.24) is 5.32 Å². The zero-order valence-corrected chi connectivity index (χ0v) is 9.13. The normalized spacial score (nSPS) is 30.4. The summed E-state index contributed by atoms with van der Waals surface area (Å²) in [5.41, 5.74) is 0. The SMILES string of the molecule is C1CCC(NCC2CCCCO2)CC1. The fourth-order valence-corrected chi connectivity index (χ4v) is 2.57. The third-order valence-corrected chi connectivity index (χ3v) is 3.51. The van der Waals surface area contributed by atoms with Crippen LogP contribution in [0.15, 0.2) is 0 Å². The Morgan fingerprint density at radius 2 is 1.71 bits per heavy atom. The van der Waals surface area contributed by atoms with E-state index in [0.29, 0.717) is 6.10 Å². The van der Waals surface area contributed by atoms with E-state index in [4.69, 9.17) is 4.74 Å². The lowest BCUT2D eigenvalue weighted by Gasteiger charge is -2.27. The molecule has 1 N–H and O–H groups in total. The molecule has 1 atom stereocenters. The highest BCUT2D eigenvalue weighted by Gasteiger charge is 2.17. The standard InChI is InChI=1S/C12H23NO/c1-2-6-11(7-3-1)13-10-12-8-4-5-9-14-12/h11-13H,1-10H2. The Morgan fingerprint density at radius 3 is 2.43 bits per heavy atom. The fraction of sp³-hybridized carbons (Fsp3) is 1.00. The van der Waals surface area contributed by atoms with Crippen LogP contribution in [0.3, 0.4) is 0 Å². The van der Waals surface area contributed by atoms with Crippen molar-refractivity contribution in [3.8, 4) is 0 Å². The Balaban J connectivity index is 1.60. The number of ether oxygens (including phenoxy) is 1. The highest BCUT2D eigenvalue weighted by molar-refractivity contribution is 4.75.